The van der Waals surface area contributed by atoms with Gasteiger partial charge in [0.2, 0.25) is 0 Å². The Kier molecular flexibility index (Phi) is 7.52. The lowest BCUT2D eigenvalue weighted by Crippen LogP contribution is -2.12. The molecule has 0 aliphatic carbocycles. The Balaban J connectivity index is 1.09. The molecule has 12 aromatic rings. The third-order valence-corrected chi connectivity index (χ3v) is 12.7. The number of hydrogen-bond donors (Lipinski definition) is 5. The number of benzene rings is 9. The van der Waals surface area contributed by atoms with Crippen LogP contribution in [0.3, 0.4) is 0 Å². The Morgan fingerprint density at radius 2 is 0.532 bits per heavy atom. The molecule has 3 heterocycles. The Morgan fingerprint density at radius 3 is 0.919 bits per heavy atom. The van der Waals surface area contributed by atoms with E-state index in [-0.39, 0.29) is 28.4 Å². The van der Waals surface area contributed by atoms with Crippen LogP contribution in [0.25, 0.3) is 105 Å². The average Bonchev–Trinajstić information content (AvgIpc) is 3.95. The van der Waals surface area contributed by atoms with Gasteiger partial charge < -0.3 is 42.4 Å². The second-order valence-electron chi connectivity index (χ2n) is 16.1. The van der Waals surface area contributed by atoms with E-state index >= 15 is 0 Å². The van der Waals surface area contributed by atoms with Crippen LogP contribution in [0.15, 0.2) is 182 Å². The van der Waals surface area contributed by atoms with Crippen molar-refractivity contribution in [1.82, 2.24) is 13.7 Å². The zero-order chi connectivity index (χ0) is 41.8. The number of hydrogen-bond acceptors (Lipinski definition) is 5. The van der Waals surface area contributed by atoms with Gasteiger partial charge in [-0.05, 0) is 107 Å². The van der Waals surface area contributed by atoms with Gasteiger partial charge in [0.1, 0.15) is 0 Å². The zero-order valence-electron chi connectivity index (χ0n) is 33.5. The number of para-hydroxylation sites is 4. The predicted molar refractivity (Wildman–Crippen MR) is 262 cm³/mol. The summed E-state index contributed by atoms with van der Waals surface area (Å²) in [6.45, 7) is 0. The van der Waals surface area contributed by atoms with Gasteiger partial charge in [0, 0.05) is 43.7 Å². The highest BCUT2D eigenvalue weighted by molar-refractivity contribution is 6.16. The molecule has 3 aromatic heterocycles. The second kappa shape index (κ2) is 13.2. The summed E-state index contributed by atoms with van der Waals surface area (Å²) in [6.07, 6.45) is 0. The Hall–Kier alpha value is -8.62. The van der Waals surface area contributed by atoms with E-state index in [9.17, 15) is 0 Å². The summed E-state index contributed by atoms with van der Waals surface area (Å²) in [5.41, 5.74) is 47.6. The van der Waals surface area contributed by atoms with E-state index in [1.165, 1.54) is 21.5 Å². The molecule has 0 amide bonds. The van der Waals surface area contributed by atoms with Crippen molar-refractivity contribution >= 4 is 93.9 Å². The molecule has 0 bridgehead atoms. The van der Waals surface area contributed by atoms with Gasteiger partial charge in [0.05, 0.1) is 67.2 Å². The van der Waals surface area contributed by atoms with E-state index in [2.05, 4.69) is 196 Å². The molecule has 0 saturated carbocycles. The van der Waals surface area contributed by atoms with Crippen molar-refractivity contribution in [1.29, 1.82) is 0 Å². The van der Waals surface area contributed by atoms with E-state index in [1.807, 2.05) is 0 Å². The third-order valence-electron chi connectivity index (χ3n) is 12.7. The van der Waals surface area contributed by atoms with E-state index in [0.717, 1.165) is 77.5 Å². The Morgan fingerprint density at radius 1 is 0.242 bits per heavy atom. The van der Waals surface area contributed by atoms with Crippen LogP contribution in [0, 0.1) is 0 Å². The van der Waals surface area contributed by atoms with Crippen molar-refractivity contribution in [2.45, 2.75) is 0 Å². The molecule has 0 aliphatic rings. The average molecular weight is 801 g/mol. The molecular weight excluding hydrogens is 761 g/mol. The maximum absolute atomic E-state index is 6.79. The topological polar surface area (TPSA) is 145 Å². The van der Waals surface area contributed by atoms with E-state index in [4.69, 9.17) is 28.7 Å². The molecule has 8 nitrogen and oxygen atoms in total. The first-order valence-corrected chi connectivity index (χ1v) is 20.6. The summed E-state index contributed by atoms with van der Waals surface area (Å²) in [6, 6.07) is 64.9. The summed E-state index contributed by atoms with van der Waals surface area (Å²) in [4.78, 5) is 0. The molecule has 0 fully saturated rings. The molecule has 0 atom stereocenters. The lowest BCUT2D eigenvalue weighted by atomic mass is 9.98. The predicted octanol–water partition coefficient (Wildman–Crippen LogP) is 12.2. The molecule has 296 valence electrons. The highest BCUT2D eigenvalue weighted by Gasteiger charge is 2.23. The summed E-state index contributed by atoms with van der Waals surface area (Å²) >= 11 is 0. The SMILES string of the molecule is Nc1c(N)c(N)c(-n2c3ccc(-c4ccc5c(c4)c4ccccc4n5-c4ccccc4)cc3c3cc(-c4ccc5c(c4)c4ccccc4n5-c4ccccc4)ccc32)c(N)c1N. The second-order valence-corrected chi connectivity index (χ2v) is 16.1. The molecule has 9 aromatic carbocycles. The number of nitrogen functional groups attached to an aromatic ring is 5. The van der Waals surface area contributed by atoms with Crippen LogP contribution in [-0.2, 0) is 0 Å². The van der Waals surface area contributed by atoms with Gasteiger partial charge in [-0.25, -0.2) is 0 Å². The van der Waals surface area contributed by atoms with Crippen LogP contribution in [0.5, 0.6) is 0 Å². The molecule has 12 rings (SSSR count). The number of fused-ring (bicyclic) bond motifs is 9. The minimum atomic E-state index is 0.183. The van der Waals surface area contributed by atoms with Crippen molar-refractivity contribution in [3.8, 4) is 39.3 Å². The maximum atomic E-state index is 6.79. The molecule has 0 unspecified atom stereocenters. The van der Waals surface area contributed by atoms with Gasteiger partial charge in [0.25, 0.3) is 0 Å². The normalized spacial score (nSPS) is 11.9. The third kappa shape index (κ3) is 5.01. The minimum Gasteiger partial charge on any atom is -0.395 e. The first-order chi connectivity index (χ1) is 30.4. The maximum Gasteiger partial charge on any atom is 0.0968 e. The van der Waals surface area contributed by atoms with Crippen LogP contribution in [0.2, 0.25) is 0 Å². The molecule has 0 radical (unpaired) electrons. The molecule has 0 spiro atoms. The summed E-state index contributed by atoms with van der Waals surface area (Å²) in [7, 11) is 0. The van der Waals surface area contributed by atoms with Gasteiger partial charge in [-0.1, -0.05) is 97.1 Å². The molecule has 8 heteroatoms. The van der Waals surface area contributed by atoms with Crippen molar-refractivity contribution < 1.29 is 0 Å². The van der Waals surface area contributed by atoms with Crippen molar-refractivity contribution in [3.63, 3.8) is 0 Å². The smallest absolute Gasteiger partial charge is 0.0968 e. The summed E-state index contributed by atoms with van der Waals surface area (Å²) < 4.78 is 6.74. The lowest BCUT2D eigenvalue weighted by Gasteiger charge is -2.19. The van der Waals surface area contributed by atoms with Crippen molar-refractivity contribution in [2.24, 2.45) is 0 Å². The van der Waals surface area contributed by atoms with Gasteiger partial charge in [-0.3, -0.25) is 0 Å². The fourth-order valence-corrected chi connectivity index (χ4v) is 9.72. The standard InChI is InChI=1S/C54H40N8/c55-49-50(56)52(58)54(53(59)51(49)57)62-47-25-21-33(31-19-23-45-39(27-31)37-15-7-9-17-43(37)60(45)35-11-3-1-4-12-35)29-41(47)42-30-34(22-26-48(42)62)32-20-24-46-40(28-32)38-16-8-10-18-44(38)61(46)36-13-5-2-6-14-36/h1-30H,55-59H2. The molecule has 10 N–H and O–H groups in total. The van der Waals surface area contributed by atoms with Crippen molar-refractivity contribution in [2.75, 3.05) is 28.7 Å². The monoisotopic (exact) mass is 800 g/mol. The Bertz CT molecular complexity index is 3560. The quantitative estimate of drug-likeness (QED) is 0.110. The summed E-state index contributed by atoms with van der Waals surface area (Å²) in [5, 5.41) is 6.82. The molecular formula is C54H40N8. The van der Waals surface area contributed by atoms with Gasteiger partial charge in [0.15, 0.2) is 0 Å². The zero-order valence-corrected chi connectivity index (χ0v) is 33.5. The van der Waals surface area contributed by atoms with Crippen LogP contribution in [0.4, 0.5) is 28.4 Å². The van der Waals surface area contributed by atoms with E-state index in [0.29, 0.717) is 5.69 Å². The largest absolute Gasteiger partial charge is 0.395 e. The highest BCUT2D eigenvalue weighted by Crippen LogP contribution is 2.46. The van der Waals surface area contributed by atoms with Crippen LogP contribution in [0.1, 0.15) is 0 Å². The molecule has 0 aliphatic heterocycles. The van der Waals surface area contributed by atoms with Crippen LogP contribution in [-0.4, -0.2) is 13.7 Å². The van der Waals surface area contributed by atoms with E-state index in [1.54, 1.807) is 0 Å². The van der Waals surface area contributed by atoms with Gasteiger partial charge >= 0.3 is 0 Å². The van der Waals surface area contributed by atoms with Gasteiger partial charge in [-0.15, -0.1) is 0 Å². The number of rotatable bonds is 5. The van der Waals surface area contributed by atoms with Crippen molar-refractivity contribution in [3.05, 3.63) is 182 Å². The first-order valence-electron chi connectivity index (χ1n) is 20.6. The van der Waals surface area contributed by atoms with Gasteiger partial charge in [-0.2, -0.15) is 0 Å². The fourth-order valence-electron chi connectivity index (χ4n) is 9.72. The summed E-state index contributed by atoms with van der Waals surface area (Å²) in [5.74, 6) is 0. The molecule has 0 saturated heterocycles. The number of aromatic nitrogens is 3. The number of nitrogens with two attached hydrogens (primary N) is 5. The number of nitrogens with zero attached hydrogens (tertiary/aromatic N) is 3. The van der Waals surface area contributed by atoms with Crippen LogP contribution < -0.4 is 28.7 Å². The fraction of sp³-hybridized carbons (Fsp3) is 0. The van der Waals surface area contributed by atoms with E-state index < -0.39 is 0 Å². The molecule has 62 heavy (non-hydrogen) atoms. The Labute approximate surface area is 356 Å². The first kappa shape index (κ1) is 35.3. The minimum absolute atomic E-state index is 0.183. The highest BCUT2D eigenvalue weighted by atomic mass is 15.0. The number of anilines is 5. The lowest BCUT2D eigenvalue weighted by molar-refractivity contribution is 1.18. The van der Waals surface area contributed by atoms with Crippen LogP contribution >= 0.6 is 0 Å².